The first kappa shape index (κ1) is 20.9. The Morgan fingerprint density at radius 1 is 1.17 bits per heavy atom. The number of ether oxygens (including phenoxy) is 2. The van der Waals surface area contributed by atoms with Crippen molar-refractivity contribution in [3.05, 3.63) is 35.5 Å². The Kier molecular flexibility index (Phi) is 5.70. The monoisotopic (exact) mass is 409 g/mol. The summed E-state index contributed by atoms with van der Waals surface area (Å²) in [7, 11) is 1.33. The normalized spacial score (nSPS) is 13.0. The van der Waals surface area contributed by atoms with E-state index in [1.54, 1.807) is 0 Å². The highest BCUT2D eigenvalue weighted by Crippen LogP contribution is 2.35. The number of hydrogen-bond acceptors (Lipinski definition) is 5. The third-order valence-electron chi connectivity index (χ3n) is 4.76. The van der Waals surface area contributed by atoms with Crippen LogP contribution in [0.5, 0.6) is 11.8 Å². The number of aliphatic hydroxyl groups excluding tert-OH is 1. The molecule has 3 heterocycles. The van der Waals surface area contributed by atoms with Crippen LogP contribution in [0.2, 0.25) is 0 Å². The van der Waals surface area contributed by atoms with Gasteiger partial charge in [0, 0.05) is 12.3 Å². The summed E-state index contributed by atoms with van der Waals surface area (Å²) in [6.45, 7) is 5.79. The van der Waals surface area contributed by atoms with Gasteiger partial charge in [0.05, 0.1) is 42.0 Å². The highest BCUT2D eigenvalue weighted by Gasteiger charge is 2.32. The summed E-state index contributed by atoms with van der Waals surface area (Å²) in [5.41, 5.74) is 4.37. The molecular formula is C20H22F3N3O3. The van der Waals surface area contributed by atoms with Crippen molar-refractivity contribution >= 4 is 11.0 Å². The molecule has 0 aliphatic carbocycles. The molecule has 3 rings (SSSR count). The fourth-order valence-corrected chi connectivity index (χ4v) is 3.35. The molecule has 0 fully saturated rings. The Bertz CT molecular complexity index is 1030. The van der Waals surface area contributed by atoms with Gasteiger partial charge < -0.3 is 19.1 Å². The van der Waals surface area contributed by atoms with Gasteiger partial charge >= 0.3 is 6.36 Å². The maximum absolute atomic E-state index is 12.5. The lowest BCUT2D eigenvalue weighted by molar-refractivity contribution is -0.276. The maximum atomic E-state index is 12.5. The molecule has 3 aromatic rings. The van der Waals surface area contributed by atoms with Crippen LogP contribution in [0.15, 0.2) is 24.4 Å². The summed E-state index contributed by atoms with van der Waals surface area (Å²) in [5, 5.41) is 9.67. The van der Waals surface area contributed by atoms with E-state index in [0.717, 1.165) is 34.6 Å². The molecule has 0 saturated carbocycles. The zero-order valence-corrected chi connectivity index (χ0v) is 16.5. The molecular weight excluding hydrogens is 387 g/mol. The number of nitrogens with zero attached hydrogens (tertiary/aromatic N) is 3. The number of pyridine rings is 2. The summed E-state index contributed by atoms with van der Waals surface area (Å²) in [4.78, 5) is 8.56. The minimum absolute atomic E-state index is 0.0128. The molecule has 0 aliphatic heterocycles. The molecule has 0 saturated heterocycles. The molecule has 0 bridgehead atoms. The average molecular weight is 409 g/mol. The third-order valence-corrected chi connectivity index (χ3v) is 4.76. The van der Waals surface area contributed by atoms with Gasteiger partial charge in [-0.05, 0) is 43.5 Å². The van der Waals surface area contributed by atoms with E-state index >= 15 is 0 Å². The predicted octanol–water partition coefficient (Wildman–Crippen LogP) is 4.57. The number of hydrogen-bond donors (Lipinski definition) is 1. The highest BCUT2D eigenvalue weighted by atomic mass is 19.4. The third kappa shape index (κ3) is 4.14. The van der Waals surface area contributed by atoms with Crippen LogP contribution in [-0.4, -0.2) is 39.7 Å². The summed E-state index contributed by atoms with van der Waals surface area (Å²) >= 11 is 0. The summed E-state index contributed by atoms with van der Waals surface area (Å²) in [6, 6.07) is 4.47. The van der Waals surface area contributed by atoms with E-state index in [2.05, 4.69) is 9.72 Å². The summed E-state index contributed by atoms with van der Waals surface area (Å²) < 4.78 is 48.5. The largest absolute Gasteiger partial charge is 0.574 e. The number of fused-ring (bicyclic) bond motifs is 1. The molecule has 0 radical (unpaired) electrons. The topological polar surface area (TPSA) is 69.4 Å². The van der Waals surface area contributed by atoms with Crippen LogP contribution in [0.25, 0.3) is 22.3 Å². The van der Waals surface area contributed by atoms with Crippen molar-refractivity contribution in [2.45, 2.75) is 39.6 Å². The quantitative estimate of drug-likeness (QED) is 0.646. The number of halogens is 3. The van der Waals surface area contributed by atoms with Gasteiger partial charge in [0.2, 0.25) is 11.8 Å². The van der Waals surface area contributed by atoms with Crippen molar-refractivity contribution in [2.75, 3.05) is 13.7 Å². The first-order chi connectivity index (χ1) is 13.7. The summed E-state index contributed by atoms with van der Waals surface area (Å²) in [6.07, 6.45) is -2.13. The molecule has 29 heavy (non-hydrogen) atoms. The van der Waals surface area contributed by atoms with Gasteiger partial charge in [-0.15, -0.1) is 13.2 Å². The SMILES string of the molecule is CCC(CO)n1cc(C)c2nc(-c3ccc(OC(F)(F)F)nc3OC)c(C)cc21. The minimum atomic E-state index is -4.84. The van der Waals surface area contributed by atoms with Crippen LogP contribution in [0, 0.1) is 13.8 Å². The number of aliphatic hydroxyl groups is 1. The number of aryl methyl sites for hydroxylation is 2. The molecule has 0 amide bonds. The molecule has 3 aromatic heterocycles. The van der Waals surface area contributed by atoms with E-state index < -0.39 is 12.2 Å². The van der Waals surface area contributed by atoms with Crippen LogP contribution >= 0.6 is 0 Å². The second kappa shape index (κ2) is 7.90. The van der Waals surface area contributed by atoms with Gasteiger partial charge in [-0.3, -0.25) is 0 Å². The van der Waals surface area contributed by atoms with Gasteiger partial charge in [-0.2, -0.15) is 4.98 Å². The Morgan fingerprint density at radius 2 is 1.90 bits per heavy atom. The average Bonchev–Trinajstić information content (AvgIpc) is 2.96. The molecule has 9 heteroatoms. The lowest BCUT2D eigenvalue weighted by Crippen LogP contribution is -2.18. The van der Waals surface area contributed by atoms with Crippen molar-refractivity contribution < 1.29 is 27.8 Å². The zero-order chi connectivity index (χ0) is 21.3. The van der Waals surface area contributed by atoms with Crippen LogP contribution in [0.4, 0.5) is 13.2 Å². The van der Waals surface area contributed by atoms with E-state index in [9.17, 15) is 18.3 Å². The van der Waals surface area contributed by atoms with Gasteiger partial charge in [0.1, 0.15) is 0 Å². The molecule has 6 nitrogen and oxygen atoms in total. The van der Waals surface area contributed by atoms with E-state index in [1.807, 2.05) is 37.6 Å². The fourth-order valence-electron chi connectivity index (χ4n) is 3.35. The Labute approximate surface area is 165 Å². The van der Waals surface area contributed by atoms with E-state index in [1.165, 1.54) is 13.2 Å². The van der Waals surface area contributed by atoms with Crippen LogP contribution in [0.1, 0.15) is 30.5 Å². The molecule has 1 N–H and O–H groups in total. The number of alkyl halides is 3. The fraction of sp³-hybridized carbons (Fsp3) is 0.400. The van der Waals surface area contributed by atoms with Gasteiger partial charge in [0.25, 0.3) is 0 Å². The molecule has 0 spiro atoms. The van der Waals surface area contributed by atoms with Crippen LogP contribution in [0.3, 0.4) is 0 Å². The van der Waals surface area contributed by atoms with Crippen LogP contribution in [-0.2, 0) is 0 Å². The molecule has 0 aromatic carbocycles. The lowest BCUT2D eigenvalue weighted by Gasteiger charge is -2.16. The van der Waals surface area contributed by atoms with Gasteiger partial charge in [0.15, 0.2) is 0 Å². The second-order valence-electron chi connectivity index (χ2n) is 6.74. The van der Waals surface area contributed by atoms with Crippen molar-refractivity contribution in [1.29, 1.82) is 0 Å². The summed E-state index contributed by atoms with van der Waals surface area (Å²) in [5.74, 6) is -0.617. The number of methoxy groups -OCH3 is 1. The molecule has 0 aliphatic rings. The lowest BCUT2D eigenvalue weighted by atomic mass is 10.1. The predicted molar refractivity (Wildman–Crippen MR) is 102 cm³/mol. The first-order valence-electron chi connectivity index (χ1n) is 9.09. The van der Waals surface area contributed by atoms with Crippen molar-refractivity contribution in [3.8, 4) is 23.0 Å². The van der Waals surface area contributed by atoms with Gasteiger partial charge in [-0.25, -0.2) is 4.98 Å². The number of rotatable bonds is 6. The first-order valence-corrected chi connectivity index (χ1v) is 9.09. The zero-order valence-electron chi connectivity index (χ0n) is 16.5. The maximum Gasteiger partial charge on any atom is 0.574 e. The van der Waals surface area contributed by atoms with E-state index in [0.29, 0.717) is 11.3 Å². The minimum Gasteiger partial charge on any atom is -0.480 e. The van der Waals surface area contributed by atoms with Crippen molar-refractivity contribution in [1.82, 2.24) is 14.5 Å². The Balaban J connectivity index is 2.13. The van der Waals surface area contributed by atoms with Crippen molar-refractivity contribution in [3.63, 3.8) is 0 Å². The highest BCUT2D eigenvalue weighted by molar-refractivity contribution is 5.85. The molecule has 156 valence electrons. The van der Waals surface area contributed by atoms with E-state index in [4.69, 9.17) is 9.72 Å². The molecule has 1 unspecified atom stereocenters. The smallest absolute Gasteiger partial charge is 0.480 e. The standard InChI is InChI=1S/C20H22F3N3O3/c1-5-13(10-27)26-9-12(3)18-15(26)8-11(2)17(25-18)14-6-7-16(24-19(14)28-4)29-20(21,22)23/h6-9,13,27H,5,10H2,1-4H3. The second-order valence-corrected chi connectivity index (χ2v) is 6.74. The van der Waals surface area contributed by atoms with Crippen LogP contribution < -0.4 is 9.47 Å². The Hall–Kier alpha value is -2.81. The van der Waals surface area contributed by atoms with Gasteiger partial charge in [-0.1, -0.05) is 6.92 Å². The van der Waals surface area contributed by atoms with Crippen molar-refractivity contribution in [2.24, 2.45) is 0 Å². The Morgan fingerprint density at radius 3 is 2.48 bits per heavy atom. The van der Waals surface area contributed by atoms with E-state index in [-0.39, 0.29) is 18.5 Å². The number of aromatic nitrogens is 3. The molecule has 1 atom stereocenters.